The molecular weight excluding hydrogens is 610 g/mol. The zero-order chi connectivity index (χ0) is 36.5. The molecule has 0 unspecified atom stereocenters. The van der Waals surface area contributed by atoms with Crippen LogP contribution in [-0.4, -0.2) is 70.5 Å². The second-order valence-electron chi connectivity index (χ2n) is 14.8. The van der Waals surface area contributed by atoms with Crippen LogP contribution in [0, 0.1) is 11.8 Å². The van der Waals surface area contributed by atoms with Crippen molar-refractivity contribution >= 4 is 29.5 Å². The van der Waals surface area contributed by atoms with Gasteiger partial charge in [-0.2, -0.15) is 0 Å². The molecule has 11 nitrogen and oxygen atoms in total. The Morgan fingerprint density at radius 3 is 1.65 bits per heavy atom. The average molecular weight is 674 g/mol. The van der Waals surface area contributed by atoms with Crippen LogP contribution >= 0.6 is 0 Å². The Balaban J connectivity index is 2.93. The van der Waals surface area contributed by atoms with E-state index in [-0.39, 0.29) is 30.8 Å². The molecule has 0 aliphatic carbocycles. The summed E-state index contributed by atoms with van der Waals surface area (Å²) in [5.74, 6) is -2.13. The number of hydrogen-bond acceptors (Lipinski definition) is 6. The lowest BCUT2D eigenvalue weighted by Gasteiger charge is -2.33. The third-order valence-electron chi connectivity index (χ3n) is 8.08. The van der Waals surface area contributed by atoms with Gasteiger partial charge in [0.2, 0.25) is 29.5 Å². The summed E-state index contributed by atoms with van der Waals surface area (Å²) in [7, 11) is 0. The molecule has 1 aromatic rings. The molecule has 3 atom stereocenters. The molecule has 11 heteroatoms. The molecule has 0 aromatic heterocycles. The van der Waals surface area contributed by atoms with E-state index in [9.17, 15) is 29.1 Å². The molecule has 0 bridgehead atoms. The summed E-state index contributed by atoms with van der Waals surface area (Å²) < 4.78 is 0. The Bertz CT molecular complexity index is 1170. The van der Waals surface area contributed by atoms with Gasteiger partial charge in [0.05, 0.1) is 12.6 Å². The summed E-state index contributed by atoms with van der Waals surface area (Å²) in [6, 6.07) is 7.11. The van der Waals surface area contributed by atoms with Crippen molar-refractivity contribution in [3.8, 4) is 0 Å². The molecule has 0 radical (unpaired) electrons. The molecule has 0 heterocycles. The van der Waals surface area contributed by atoms with Gasteiger partial charge >= 0.3 is 0 Å². The quantitative estimate of drug-likeness (QED) is 0.102. The smallest absolute Gasteiger partial charge is 0.245 e. The van der Waals surface area contributed by atoms with E-state index in [4.69, 9.17) is 0 Å². The van der Waals surface area contributed by atoms with Gasteiger partial charge in [-0.05, 0) is 70.8 Å². The second kappa shape index (κ2) is 20.8. The minimum absolute atomic E-state index is 0.0212. The van der Waals surface area contributed by atoms with Crippen LogP contribution in [0.15, 0.2) is 30.3 Å². The molecule has 0 fully saturated rings. The third kappa shape index (κ3) is 16.1. The number of nitrogens with one attached hydrogen (secondary N) is 5. The average Bonchev–Trinajstić information content (AvgIpc) is 2.99. The van der Waals surface area contributed by atoms with Crippen LogP contribution in [0.25, 0.3) is 0 Å². The minimum Gasteiger partial charge on any atom is -0.394 e. The van der Waals surface area contributed by atoms with E-state index in [1.807, 2.05) is 58.0 Å². The lowest BCUT2D eigenvalue weighted by atomic mass is 9.96. The van der Waals surface area contributed by atoms with E-state index in [0.717, 1.165) is 37.7 Å². The Hall–Kier alpha value is -3.47. The number of aliphatic hydroxyl groups excluding tert-OH is 1. The molecular formula is C37H63N5O6. The summed E-state index contributed by atoms with van der Waals surface area (Å²) >= 11 is 0. The number of amides is 5. The number of aliphatic hydroxyl groups is 1. The molecule has 0 spiro atoms. The van der Waals surface area contributed by atoms with Gasteiger partial charge in [0.15, 0.2) is 0 Å². The largest absolute Gasteiger partial charge is 0.394 e. The SMILES string of the molecule is CCCCCCCC(=O)N[C@@H](CC(C)C)C(=O)NC(C)(C)C(=O)N[C@@H](CC(C)C)C(=O)NC(C)(C)C(=O)N[C@H](CO)Cc1ccccc1. The van der Waals surface area contributed by atoms with E-state index in [1.165, 1.54) is 0 Å². The van der Waals surface area contributed by atoms with Gasteiger partial charge in [0, 0.05) is 6.42 Å². The van der Waals surface area contributed by atoms with Crippen molar-refractivity contribution in [1.29, 1.82) is 0 Å². The van der Waals surface area contributed by atoms with E-state index >= 15 is 0 Å². The van der Waals surface area contributed by atoms with Gasteiger partial charge in [-0.1, -0.05) is 90.6 Å². The maximum Gasteiger partial charge on any atom is 0.245 e. The number of unbranched alkanes of at least 4 members (excludes halogenated alkanes) is 4. The first-order valence-electron chi connectivity index (χ1n) is 17.6. The summed E-state index contributed by atoms with van der Waals surface area (Å²) in [4.78, 5) is 66.4. The van der Waals surface area contributed by atoms with Crippen LogP contribution < -0.4 is 26.6 Å². The first kappa shape index (κ1) is 42.6. The molecule has 0 aliphatic rings. The van der Waals surface area contributed by atoms with Crippen molar-refractivity contribution in [2.24, 2.45) is 11.8 Å². The first-order valence-corrected chi connectivity index (χ1v) is 17.6. The molecule has 0 saturated heterocycles. The van der Waals surface area contributed by atoms with E-state index in [2.05, 4.69) is 33.5 Å². The van der Waals surface area contributed by atoms with Crippen LogP contribution in [-0.2, 0) is 30.4 Å². The zero-order valence-electron chi connectivity index (χ0n) is 30.8. The Morgan fingerprint density at radius 2 is 1.17 bits per heavy atom. The van der Waals surface area contributed by atoms with Crippen molar-refractivity contribution in [3.05, 3.63) is 35.9 Å². The van der Waals surface area contributed by atoms with Gasteiger partial charge in [0.25, 0.3) is 0 Å². The zero-order valence-corrected chi connectivity index (χ0v) is 30.8. The van der Waals surface area contributed by atoms with Crippen molar-refractivity contribution < 1.29 is 29.1 Å². The Kier molecular flexibility index (Phi) is 18.4. The number of carbonyl (C=O) groups excluding carboxylic acids is 5. The number of rotatable bonds is 22. The van der Waals surface area contributed by atoms with Crippen LogP contribution in [0.4, 0.5) is 0 Å². The van der Waals surface area contributed by atoms with Crippen LogP contribution in [0.1, 0.15) is 119 Å². The van der Waals surface area contributed by atoms with Gasteiger partial charge in [-0.15, -0.1) is 0 Å². The topological polar surface area (TPSA) is 166 Å². The normalized spacial score (nSPS) is 13.8. The maximum absolute atomic E-state index is 13.5. The highest BCUT2D eigenvalue weighted by Crippen LogP contribution is 2.14. The predicted octanol–water partition coefficient (Wildman–Crippen LogP) is 3.92. The van der Waals surface area contributed by atoms with Crippen molar-refractivity contribution in [2.75, 3.05) is 6.61 Å². The Labute approximate surface area is 288 Å². The lowest BCUT2D eigenvalue weighted by Crippen LogP contribution is -2.64. The maximum atomic E-state index is 13.5. The van der Waals surface area contributed by atoms with Crippen LogP contribution in [0.2, 0.25) is 0 Å². The lowest BCUT2D eigenvalue weighted by molar-refractivity contribution is -0.138. The highest BCUT2D eigenvalue weighted by molar-refractivity contribution is 5.97. The second-order valence-corrected chi connectivity index (χ2v) is 14.8. The third-order valence-corrected chi connectivity index (χ3v) is 8.08. The monoisotopic (exact) mass is 673 g/mol. The highest BCUT2D eigenvalue weighted by atomic mass is 16.3. The van der Waals surface area contributed by atoms with Gasteiger partial charge in [-0.25, -0.2) is 0 Å². The molecule has 6 N–H and O–H groups in total. The fraction of sp³-hybridized carbons (Fsp3) is 0.703. The fourth-order valence-corrected chi connectivity index (χ4v) is 5.23. The molecule has 0 aliphatic heterocycles. The van der Waals surface area contributed by atoms with E-state index in [1.54, 1.807) is 27.7 Å². The summed E-state index contributed by atoms with van der Waals surface area (Å²) in [5.41, 5.74) is -1.82. The van der Waals surface area contributed by atoms with Crippen LogP contribution in [0.3, 0.4) is 0 Å². The summed E-state index contributed by atoms with van der Waals surface area (Å²) in [6.07, 6.45) is 6.48. The van der Waals surface area contributed by atoms with Gasteiger partial charge in [0.1, 0.15) is 23.2 Å². The summed E-state index contributed by atoms with van der Waals surface area (Å²) in [6.45, 7) is 15.8. The molecule has 0 saturated carbocycles. The standard InChI is InChI=1S/C37H63N5O6/c1-10-11-12-13-17-20-31(44)39-29(21-25(2)3)32(45)41-37(8,9)35(48)40-30(22-26(4)5)33(46)42-36(6,7)34(47)38-28(24-43)23-27-18-15-14-16-19-27/h14-16,18-19,25-26,28-30,43H,10-13,17,20-24H2,1-9H3,(H,38,47)(H,39,44)(H,40,48)(H,41,45)(H,42,46)/t28-,29-,30-/m0/s1. The first-order chi connectivity index (χ1) is 22.4. The van der Waals surface area contributed by atoms with Crippen molar-refractivity contribution in [2.45, 2.75) is 149 Å². The van der Waals surface area contributed by atoms with E-state index < -0.39 is 52.8 Å². The predicted molar refractivity (Wildman–Crippen MR) is 190 cm³/mol. The van der Waals surface area contributed by atoms with Gasteiger partial charge in [-0.3, -0.25) is 24.0 Å². The Morgan fingerprint density at radius 1 is 0.688 bits per heavy atom. The van der Waals surface area contributed by atoms with Crippen LogP contribution in [0.5, 0.6) is 0 Å². The summed E-state index contributed by atoms with van der Waals surface area (Å²) in [5, 5.41) is 23.9. The highest BCUT2D eigenvalue weighted by Gasteiger charge is 2.38. The van der Waals surface area contributed by atoms with E-state index in [0.29, 0.717) is 19.3 Å². The molecule has 48 heavy (non-hydrogen) atoms. The van der Waals surface area contributed by atoms with Gasteiger partial charge < -0.3 is 31.7 Å². The molecule has 5 amide bonds. The van der Waals surface area contributed by atoms with Crippen molar-refractivity contribution in [3.63, 3.8) is 0 Å². The number of carbonyl (C=O) groups is 5. The molecule has 1 aromatic carbocycles. The molecule has 1 rings (SSSR count). The molecule has 272 valence electrons. The van der Waals surface area contributed by atoms with Crippen molar-refractivity contribution in [1.82, 2.24) is 26.6 Å². The number of hydrogen-bond donors (Lipinski definition) is 6. The number of benzene rings is 1. The minimum atomic E-state index is -1.41. The fourth-order valence-electron chi connectivity index (χ4n) is 5.23.